The number of carbonyl (C=O) groups is 1. The van der Waals surface area contributed by atoms with Crippen molar-refractivity contribution in [2.24, 2.45) is 0 Å². The zero-order valence-electron chi connectivity index (χ0n) is 16.1. The van der Waals surface area contributed by atoms with Gasteiger partial charge in [0, 0.05) is 19.3 Å². The first-order valence-corrected chi connectivity index (χ1v) is 9.63. The van der Waals surface area contributed by atoms with Gasteiger partial charge in [-0.25, -0.2) is 13.9 Å². The first-order chi connectivity index (χ1) is 14.5. The molecule has 0 spiro atoms. The van der Waals surface area contributed by atoms with Gasteiger partial charge in [0.15, 0.2) is 5.65 Å². The molecule has 2 atom stereocenters. The van der Waals surface area contributed by atoms with E-state index in [2.05, 4.69) is 20.7 Å². The minimum atomic E-state index is -0.972. The zero-order valence-corrected chi connectivity index (χ0v) is 16.1. The fourth-order valence-corrected chi connectivity index (χ4v) is 3.21. The summed E-state index contributed by atoms with van der Waals surface area (Å²) in [5.74, 6) is 0.0749. The zero-order chi connectivity index (χ0) is 21.1. The number of aliphatic hydroxyl groups excluding tert-OH is 2. The van der Waals surface area contributed by atoms with Gasteiger partial charge < -0.3 is 25.6 Å². The highest BCUT2D eigenvalue weighted by Crippen LogP contribution is 2.22. The van der Waals surface area contributed by atoms with Gasteiger partial charge in [0.25, 0.3) is 5.91 Å². The number of anilines is 1. The molecule has 0 radical (unpaired) electrons. The Morgan fingerprint density at radius 3 is 2.87 bits per heavy atom. The molecule has 0 aliphatic carbocycles. The van der Waals surface area contributed by atoms with E-state index in [9.17, 15) is 19.4 Å². The van der Waals surface area contributed by atoms with Gasteiger partial charge in [-0.15, -0.1) is 0 Å². The third-order valence-corrected chi connectivity index (χ3v) is 4.83. The molecule has 0 saturated carbocycles. The van der Waals surface area contributed by atoms with Gasteiger partial charge in [0.05, 0.1) is 12.3 Å². The van der Waals surface area contributed by atoms with Crippen molar-refractivity contribution in [2.75, 3.05) is 25.0 Å². The summed E-state index contributed by atoms with van der Waals surface area (Å²) in [6.45, 7) is 0.104. The lowest BCUT2D eigenvalue weighted by atomic mass is 10.1. The molecule has 1 aromatic carbocycles. The molecule has 3 heterocycles. The van der Waals surface area contributed by atoms with Crippen LogP contribution in [0.25, 0.3) is 5.65 Å². The Morgan fingerprint density at radius 2 is 2.00 bits per heavy atom. The predicted octanol–water partition coefficient (Wildman–Crippen LogP) is 0.757. The molecule has 1 amide bonds. The summed E-state index contributed by atoms with van der Waals surface area (Å²) in [6, 6.07) is 5.81. The Hall–Kier alpha value is -3.24. The third kappa shape index (κ3) is 4.50. The molecular weight excluding hydrogens is 393 g/mol. The Labute approximate surface area is 171 Å². The highest BCUT2D eigenvalue weighted by Gasteiger charge is 2.17. The molecule has 2 bridgehead atoms. The molecule has 1 aliphatic rings. The van der Waals surface area contributed by atoms with Gasteiger partial charge in [0.1, 0.15) is 35.7 Å². The van der Waals surface area contributed by atoms with Crippen LogP contribution in [0.2, 0.25) is 0 Å². The SMILES string of the molecule is O=C1NC[C@@H](O)COc2ccc(F)cc2CC[C@@H](O)CNc2ccn3ncc1c3n2. The molecule has 0 saturated heterocycles. The van der Waals surface area contributed by atoms with Crippen molar-refractivity contribution in [3.8, 4) is 5.75 Å². The Kier molecular flexibility index (Phi) is 5.77. The number of rotatable bonds is 0. The topological polar surface area (TPSA) is 121 Å². The number of aryl methyl sites for hydroxylation is 1. The van der Waals surface area contributed by atoms with Crippen LogP contribution >= 0.6 is 0 Å². The van der Waals surface area contributed by atoms with E-state index < -0.39 is 23.9 Å². The monoisotopic (exact) mass is 415 g/mol. The normalized spacial score (nSPS) is 20.7. The van der Waals surface area contributed by atoms with Crippen LogP contribution < -0.4 is 15.4 Å². The largest absolute Gasteiger partial charge is 0.491 e. The summed E-state index contributed by atoms with van der Waals surface area (Å²) in [7, 11) is 0. The van der Waals surface area contributed by atoms with E-state index in [1.807, 2.05) is 0 Å². The molecule has 3 aromatic rings. The lowest BCUT2D eigenvalue weighted by Gasteiger charge is -2.16. The minimum absolute atomic E-state index is 0.0383. The lowest BCUT2D eigenvalue weighted by molar-refractivity contribution is 0.0843. The standard InChI is InChI=1S/C20H22FN5O4/c21-13-2-4-17-12(7-13)1-3-14(27)8-22-18-5-6-26-19(25-18)16(10-24-26)20(29)23-9-15(28)11-30-17/h2,4-7,10,14-15,27-28H,1,3,8-9,11H2,(H,22,25)(H,23,29)/t14-,15-/m1/s1. The summed E-state index contributed by atoms with van der Waals surface area (Å²) < 4.78 is 20.8. The fourth-order valence-electron chi connectivity index (χ4n) is 3.21. The summed E-state index contributed by atoms with van der Waals surface area (Å²) in [5, 5.41) is 30.3. The summed E-state index contributed by atoms with van der Waals surface area (Å²) in [5.41, 5.74) is 1.21. The van der Waals surface area contributed by atoms with Crippen LogP contribution in [0.5, 0.6) is 5.75 Å². The van der Waals surface area contributed by atoms with Crippen molar-refractivity contribution in [1.29, 1.82) is 0 Å². The number of fused-ring (bicyclic) bond motifs is 2. The first kappa shape index (κ1) is 20.0. The van der Waals surface area contributed by atoms with Crippen LogP contribution in [0.4, 0.5) is 10.2 Å². The molecular formula is C20H22FN5O4. The number of carbonyl (C=O) groups excluding carboxylic acids is 1. The summed E-state index contributed by atoms with van der Waals surface area (Å²) in [4.78, 5) is 16.9. The number of nitrogens with one attached hydrogen (secondary N) is 2. The molecule has 158 valence electrons. The average molecular weight is 415 g/mol. The maximum absolute atomic E-state index is 13.7. The van der Waals surface area contributed by atoms with Crippen molar-refractivity contribution in [2.45, 2.75) is 25.0 Å². The number of hydrogen-bond acceptors (Lipinski definition) is 7. The molecule has 2 aromatic heterocycles. The fraction of sp³-hybridized carbons (Fsp3) is 0.350. The van der Waals surface area contributed by atoms with Crippen LogP contribution in [0.1, 0.15) is 22.3 Å². The van der Waals surface area contributed by atoms with Gasteiger partial charge in [-0.3, -0.25) is 4.79 Å². The van der Waals surface area contributed by atoms with Crippen LogP contribution in [-0.2, 0) is 6.42 Å². The van der Waals surface area contributed by atoms with Gasteiger partial charge in [0.2, 0.25) is 0 Å². The highest BCUT2D eigenvalue weighted by molar-refractivity contribution is 5.99. The van der Waals surface area contributed by atoms with Gasteiger partial charge in [-0.05, 0) is 42.7 Å². The van der Waals surface area contributed by atoms with Crippen LogP contribution in [0.3, 0.4) is 0 Å². The summed E-state index contributed by atoms with van der Waals surface area (Å²) >= 11 is 0. The molecule has 4 N–H and O–H groups in total. The number of benzene rings is 1. The van der Waals surface area contributed by atoms with E-state index in [1.54, 1.807) is 12.3 Å². The quantitative estimate of drug-likeness (QED) is 0.428. The predicted molar refractivity (Wildman–Crippen MR) is 106 cm³/mol. The van der Waals surface area contributed by atoms with E-state index in [0.717, 1.165) is 0 Å². The molecule has 0 unspecified atom stereocenters. The first-order valence-electron chi connectivity index (χ1n) is 9.63. The Bertz CT molecular complexity index is 1060. The lowest BCUT2D eigenvalue weighted by Crippen LogP contribution is -2.35. The molecule has 1 aliphatic heterocycles. The Morgan fingerprint density at radius 1 is 1.17 bits per heavy atom. The van der Waals surface area contributed by atoms with E-state index in [1.165, 1.54) is 28.9 Å². The summed E-state index contributed by atoms with van der Waals surface area (Å²) in [6.07, 6.45) is 2.13. The number of nitrogens with zero attached hydrogens (tertiary/aromatic N) is 3. The number of β-amino-alcohol motifs (C(OH)–C–C–N with tert-alkyl or cyclic N) is 2. The molecule has 10 heteroatoms. The smallest absolute Gasteiger partial charge is 0.256 e. The van der Waals surface area contributed by atoms with Crippen molar-refractivity contribution in [3.05, 3.63) is 53.6 Å². The number of aliphatic hydroxyl groups is 2. The Balaban J connectivity index is 1.60. The van der Waals surface area contributed by atoms with Crippen molar-refractivity contribution < 1.29 is 24.1 Å². The second kappa shape index (κ2) is 8.64. The average Bonchev–Trinajstić information content (AvgIpc) is 3.16. The van der Waals surface area contributed by atoms with Crippen molar-refractivity contribution in [1.82, 2.24) is 19.9 Å². The number of halogens is 1. The van der Waals surface area contributed by atoms with Crippen LogP contribution in [-0.4, -0.2) is 62.6 Å². The second-order valence-electron chi connectivity index (χ2n) is 7.14. The molecule has 0 fully saturated rings. The minimum Gasteiger partial charge on any atom is -0.491 e. The number of ether oxygens (including phenoxy) is 1. The number of aromatic nitrogens is 3. The number of hydrogen-bond donors (Lipinski definition) is 4. The van der Waals surface area contributed by atoms with Crippen molar-refractivity contribution in [3.63, 3.8) is 0 Å². The van der Waals surface area contributed by atoms with E-state index >= 15 is 0 Å². The van der Waals surface area contributed by atoms with Crippen molar-refractivity contribution >= 4 is 17.4 Å². The van der Waals surface area contributed by atoms with Crippen LogP contribution in [0.15, 0.2) is 36.7 Å². The number of amides is 1. The molecule has 4 rings (SSSR count). The molecule has 30 heavy (non-hydrogen) atoms. The maximum Gasteiger partial charge on any atom is 0.256 e. The van der Waals surface area contributed by atoms with Crippen LogP contribution in [0, 0.1) is 5.82 Å². The maximum atomic E-state index is 13.7. The second-order valence-corrected chi connectivity index (χ2v) is 7.14. The van der Waals surface area contributed by atoms with E-state index in [0.29, 0.717) is 35.6 Å². The third-order valence-electron chi connectivity index (χ3n) is 4.83. The van der Waals surface area contributed by atoms with Gasteiger partial charge in [-0.1, -0.05) is 0 Å². The van der Waals surface area contributed by atoms with E-state index in [4.69, 9.17) is 4.74 Å². The van der Waals surface area contributed by atoms with E-state index in [-0.39, 0.29) is 25.3 Å². The van der Waals surface area contributed by atoms with Gasteiger partial charge in [-0.2, -0.15) is 5.10 Å². The van der Waals surface area contributed by atoms with Gasteiger partial charge >= 0.3 is 0 Å². The molecule has 9 nitrogen and oxygen atoms in total. The highest BCUT2D eigenvalue weighted by atomic mass is 19.1.